The minimum absolute atomic E-state index is 0.0127. The Balaban J connectivity index is 1.73. The van der Waals surface area contributed by atoms with Crippen molar-refractivity contribution >= 4 is 40.4 Å². The van der Waals surface area contributed by atoms with Gasteiger partial charge < -0.3 is 14.4 Å². The molecule has 2 aromatic carbocycles. The average molecular weight is 572 g/mol. The maximum absolute atomic E-state index is 14.2. The molecule has 3 aromatic rings. The number of hydrogen-bond donors (Lipinski definition) is 0. The number of amides is 1. The number of allylic oxidation sites excluding steroid dienone is 1. The minimum Gasteiger partial charge on any atom is -0.458 e. The molecule has 1 aromatic heterocycles. The van der Waals surface area contributed by atoms with Crippen LogP contribution in [-0.2, 0) is 19.1 Å². The van der Waals surface area contributed by atoms with Gasteiger partial charge in [0.15, 0.2) is 4.80 Å². The van der Waals surface area contributed by atoms with E-state index >= 15 is 0 Å². The van der Waals surface area contributed by atoms with Crippen LogP contribution in [0.3, 0.4) is 0 Å². The summed E-state index contributed by atoms with van der Waals surface area (Å²) in [7, 11) is 0. The second kappa shape index (κ2) is 11.5. The number of anilines is 1. The maximum Gasteiger partial charge on any atom is 0.338 e. The standard InChI is InChI=1S/C31H29N3O6S/c1-5-7-16-33-23-11-9-8-10-22(23)25(28(33)36)27-29(37)34-26(20-12-14-21(15-13-20)40-19(4)35)24(30(38)39-17-6-2)18(3)32-31(34)41-27/h6,8-15,26H,2,5,7,16-17H2,1,3-4H3/b27-25-. The van der Waals surface area contributed by atoms with E-state index in [0.717, 1.165) is 29.9 Å². The molecule has 0 aliphatic carbocycles. The summed E-state index contributed by atoms with van der Waals surface area (Å²) < 4.78 is 12.3. The predicted octanol–water partition coefficient (Wildman–Crippen LogP) is 3.41. The lowest BCUT2D eigenvalue weighted by molar-refractivity contribution is -0.138. The summed E-state index contributed by atoms with van der Waals surface area (Å²) in [5, 5.41) is 0. The number of para-hydroxylation sites is 1. The van der Waals surface area contributed by atoms with E-state index in [-0.39, 0.29) is 22.6 Å². The molecule has 5 rings (SSSR count). The summed E-state index contributed by atoms with van der Waals surface area (Å²) in [5.41, 5.74) is 2.55. The van der Waals surface area contributed by atoms with Crippen molar-refractivity contribution in [2.75, 3.05) is 18.1 Å². The molecule has 2 aliphatic rings. The highest BCUT2D eigenvalue weighted by molar-refractivity contribution is 7.07. The molecule has 1 atom stereocenters. The zero-order valence-electron chi connectivity index (χ0n) is 23.0. The number of nitrogens with zero attached hydrogens (tertiary/aromatic N) is 3. The fourth-order valence-electron chi connectivity index (χ4n) is 5.08. The summed E-state index contributed by atoms with van der Waals surface area (Å²) >= 11 is 1.13. The number of rotatable bonds is 8. The lowest BCUT2D eigenvalue weighted by Crippen LogP contribution is -2.41. The van der Waals surface area contributed by atoms with E-state index in [0.29, 0.717) is 39.5 Å². The molecule has 3 heterocycles. The van der Waals surface area contributed by atoms with Crippen molar-refractivity contribution in [3.05, 3.63) is 103 Å². The number of unbranched alkanes of at least 4 members (excludes halogenated alkanes) is 1. The van der Waals surface area contributed by atoms with Crippen LogP contribution in [0, 0.1) is 0 Å². The molecule has 210 valence electrons. The van der Waals surface area contributed by atoms with Crippen molar-refractivity contribution < 1.29 is 23.9 Å². The van der Waals surface area contributed by atoms with E-state index in [1.165, 1.54) is 17.6 Å². The Morgan fingerprint density at radius 2 is 1.85 bits per heavy atom. The van der Waals surface area contributed by atoms with Crippen molar-refractivity contribution in [2.45, 2.75) is 39.7 Å². The van der Waals surface area contributed by atoms with E-state index in [9.17, 15) is 19.2 Å². The van der Waals surface area contributed by atoms with Crippen LogP contribution in [0.5, 0.6) is 5.75 Å². The van der Waals surface area contributed by atoms with Crippen LogP contribution in [0.2, 0.25) is 0 Å². The number of benzene rings is 2. The summed E-state index contributed by atoms with van der Waals surface area (Å²) in [6.45, 7) is 9.19. The number of esters is 2. The van der Waals surface area contributed by atoms with Crippen LogP contribution in [0.25, 0.3) is 5.57 Å². The summed E-state index contributed by atoms with van der Waals surface area (Å²) in [4.78, 5) is 59.4. The van der Waals surface area contributed by atoms with Crippen molar-refractivity contribution in [1.82, 2.24) is 4.57 Å². The summed E-state index contributed by atoms with van der Waals surface area (Å²) in [6, 6.07) is 13.1. The first-order valence-electron chi connectivity index (χ1n) is 13.3. The smallest absolute Gasteiger partial charge is 0.338 e. The SMILES string of the molecule is C=CCOC(=O)C1=C(C)N=c2s/c(=C3\C(=O)N(CCCC)c4ccccc43)c(=O)n2C1c1ccc(OC(C)=O)cc1. The lowest BCUT2D eigenvalue weighted by atomic mass is 9.96. The van der Waals surface area contributed by atoms with E-state index in [1.807, 2.05) is 24.3 Å². The number of aromatic nitrogens is 1. The summed E-state index contributed by atoms with van der Waals surface area (Å²) in [6.07, 6.45) is 3.21. The molecule has 0 saturated carbocycles. The monoisotopic (exact) mass is 571 g/mol. The highest BCUT2D eigenvalue weighted by Gasteiger charge is 2.37. The Labute approximate surface area is 240 Å². The second-order valence-electron chi connectivity index (χ2n) is 9.65. The van der Waals surface area contributed by atoms with Gasteiger partial charge in [0.1, 0.15) is 16.9 Å². The number of carbonyl (C=O) groups is 3. The van der Waals surface area contributed by atoms with Gasteiger partial charge in [-0.15, -0.1) is 0 Å². The average Bonchev–Trinajstić information content (AvgIpc) is 3.41. The molecule has 2 aliphatic heterocycles. The number of carbonyl (C=O) groups excluding carboxylic acids is 3. The van der Waals surface area contributed by atoms with Gasteiger partial charge in [-0.2, -0.15) is 0 Å². The number of ether oxygens (including phenoxy) is 2. The molecule has 0 fully saturated rings. The first-order valence-corrected chi connectivity index (χ1v) is 14.1. The van der Waals surface area contributed by atoms with Crippen molar-refractivity contribution in [3.63, 3.8) is 0 Å². The van der Waals surface area contributed by atoms with E-state index in [2.05, 4.69) is 18.5 Å². The van der Waals surface area contributed by atoms with Gasteiger partial charge in [0, 0.05) is 19.0 Å². The van der Waals surface area contributed by atoms with E-state index in [4.69, 9.17) is 9.47 Å². The Bertz CT molecular complexity index is 1780. The fraction of sp³-hybridized carbons (Fsp3) is 0.258. The van der Waals surface area contributed by atoms with Gasteiger partial charge in [0.05, 0.1) is 28.6 Å². The van der Waals surface area contributed by atoms with Crippen molar-refractivity contribution in [2.24, 2.45) is 4.99 Å². The maximum atomic E-state index is 14.2. The van der Waals surface area contributed by atoms with Crippen LogP contribution >= 0.6 is 11.3 Å². The van der Waals surface area contributed by atoms with E-state index in [1.54, 1.807) is 36.1 Å². The van der Waals surface area contributed by atoms with Gasteiger partial charge in [0.25, 0.3) is 11.5 Å². The third kappa shape index (κ3) is 5.06. The molecule has 0 N–H and O–H groups in total. The van der Waals surface area contributed by atoms with E-state index < -0.39 is 23.5 Å². The molecule has 10 heteroatoms. The predicted molar refractivity (Wildman–Crippen MR) is 155 cm³/mol. The van der Waals surface area contributed by atoms with Crippen LogP contribution < -0.4 is 24.5 Å². The van der Waals surface area contributed by atoms with Crippen LogP contribution in [0.4, 0.5) is 5.69 Å². The molecule has 1 amide bonds. The topological polar surface area (TPSA) is 107 Å². The van der Waals surface area contributed by atoms with Gasteiger partial charge in [0.2, 0.25) is 0 Å². The highest BCUT2D eigenvalue weighted by Crippen LogP contribution is 2.36. The zero-order chi connectivity index (χ0) is 29.3. The zero-order valence-corrected chi connectivity index (χ0v) is 23.8. The third-order valence-electron chi connectivity index (χ3n) is 6.89. The molecule has 0 bridgehead atoms. The Hall–Kier alpha value is -4.57. The van der Waals surface area contributed by atoms with Crippen LogP contribution in [0.1, 0.15) is 50.8 Å². The Morgan fingerprint density at radius 3 is 2.54 bits per heavy atom. The number of hydrogen-bond acceptors (Lipinski definition) is 8. The fourth-order valence-corrected chi connectivity index (χ4v) is 6.22. The Kier molecular flexibility index (Phi) is 7.85. The van der Waals surface area contributed by atoms with Crippen LogP contribution in [0.15, 0.2) is 82.2 Å². The third-order valence-corrected chi connectivity index (χ3v) is 7.95. The van der Waals surface area contributed by atoms with Gasteiger partial charge in [-0.1, -0.05) is 67.7 Å². The largest absolute Gasteiger partial charge is 0.458 e. The van der Waals surface area contributed by atoms with Crippen LogP contribution in [-0.4, -0.2) is 35.6 Å². The lowest BCUT2D eigenvalue weighted by Gasteiger charge is -2.24. The molecular formula is C31H29N3O6S. The van der Waals surface area contributed by atoms with Crippen molar-refractivity contribution in [3.8, 4) is 5.75 Å². The Morgan fingerprint density at radius 1 is 1.12 bits per heavy atom. The molecule has 9 nitrogen and oxygen atoms in total. The first kappa shape index (κ1) is 28.0. The first-order chi connectivity index (χ1) is 19.8. The molecular weight excluding hydrogens is 542 g/mol. The van der Waals surface area contributed by atoms with Gasteiger partial charge in [-0.05, 0) is 37.1 Å². The molecule has 0 spiro atoms. The molecule has 0 radical (unpaired) electrons. The summed E-state index contributed by atoms with van der Waals surface area (Å²) in [5.74, 6) is -1.00. The second-order valence-corrected chi connectivity index (χ2v) is 10.6. The highest BCUT2D eigenvalue weighted by atomic mass is 32.1. The quantitative estimate of drug-likeness (QED) is 0.233. The normalized spacial score (nSPS) is 17.1. The molecule has 0 saturated heterocycles. The molecule has 1 unspecified atom stereocenters. The van der Waals surface area contributed by atoms with Gasteiger partial charge in [-0.25, -0.2) is 9.79 Å². The minimum atomic E-state index is -0.882. The van der Waals surface area contributed by atoms with Crippen molar-refractivity contribution in [1.29, 1.82) is 0 Å². The van der Waals surface area contributed by atoms with Gasteiger partial charge in [-0.3, -0.25) is 19.0 Å². The number of thiazole rings is 1. The van der Waals surface area contributed by atoms with Gasteiger partial charge >= 0.3 is 11.9 Å². The molecule has 41 heavy (non-hydrogen) atoms. The number of fused-ring (bicyclic) bond motifs is 2.